The highest BCUT2D eigenvalue weighted by atomic mass is 35.5. The molecule has 44 heavy (non-hydrogen) atoms. The van der Waals surface area contributed by atoms with Crippen molar-refractivity contribution >= 4 is 46.1 Å². The molecule has 0 unspecified atom stereocenters. The molecule has 13 heteroatoms. The number of ether oxygens (including phenoxy) is 3. The molecule has 5 rings (SSSR count). The summed E-state index contributed by atoms with van der Waals surface area (Å²) in [5, 5.41) is 30.2. The standard InChI is InChI=1S/C22H24ClFN4O3.C9H8O4/c1-29-20-13-19-16(12-21(20)31-8-2-5-28-6-9-30-10-7-28)22(26-14-25-19)27-15-3-4-18(24)17(23)11-15;10-7-3-1-6(5-8(7)11)2-4-9(12)13/h3-4,11-14H,2,5-10H2,1H3,(H,25,26,27);1-5,10-11H,(H,12,13)/b;4-2+. The predicted octanol–water partition coefficient (Wildman–Crippen LogP) is 5.47. The zero-order chi connectivity index (χ0) is 31.5. The minimum absolute atomic E-state index is 0.0364. The molecular formula is C31H32ClFN4O7. The zero-order valence-electron chi connectivity index (χ0n) is 23.9. The Bertz CT molecular complexity index is 1620. The molecule has 0 amide bonds. The van der Waals surface area contributed by atoms with Crippen molar-refractivity contribution in [3.63, 3.8) is 0 Å². The van der Waals surface area contributed by atoms with Crippen molar-refractivity contribution in [3.8, 4) is 23.0 Å². The normalized spacial score (nSPS) is 13.3. The third-order valence-corrected chi connectivity index (χ3v) is 6.79. The van der Waals surface area contributed by atoms with Crippen LogP contribution in [0.5, 0.6) is 23.0 Å². The molecule has 1 aromatic heterocycles. The van der Waals surface area contributed by atoms with Crippen LogP contribution in [0.25, 0.3) is 17.0 Å². The number of benzene rings is 3. The van der Waals surface area contributed by atoms with Gasteiger partial charge >= 0.3 is 5.97 Å². The number of methoxy groups -OCH3 is 1. The van der Waals surface area contributed by atoms with Crippen molar-refractivity contribution in [2.75, 3.05) is 51.9 Å². The lowest BCUT2D eigenvalue weighted by Crippen LogP contribution is -2.37. The number of carboxylic acid groups (broad SMARTS) is 1. The molecule has 11 nitrogen and oxygen atoms in total. The number of rotatable bonds is 10. The first kappa shape index (κ1) is 32.3. The molecule has 1 aliphatic heterocycles. The van der Waals surface area contributed by atoms with Crippen LogP contribution in [0.3, 0.4) is 0 Å². The number of phenolic OH excluding ortho intramolecular Hbond substituents is 2. The molecule has 1 aliphatic rings. The summed E-state index contributed by atoms with van der Waals surface area (Å²) in [6.07, 6.45) is 4.62. The lowest BCUT2D eigenvalue weighted by molar-refractivity contribution is -0.131. The van der Waals surface area contributed by atoms with E-state index < -0.39 is 11.8 Å². The van der Waals surface area contributed by atoms with Crippen molar-refractivity contribution in [2.45, 2.75) is 6.42 Å². The van der Waals surface area contributed by atoms with E-state index in [1.807, 2.05) is 12.1 Å². The van der Waals surface area contributed by atoms with Crippen molar-refractivity contribution in [1.29, 1.82) is 0 Å². The number of aromatic nitrogens is 2. The summed E-state index contributed by atoms with van der Waals surface area (Å²) in [5.74, 6) is -0.251. The number of aromatic hydroxyl groups is 2. The molecule has 0 atom stereocenters. The SMILES string of the molecule is COc1cc2ncnc(Nc3ccc(F)c(Cl)c3)c2cc1OCCCN1CCOCC1.O=C(O)/C=C/c1ccc(O)c(O)c1. The van der Waals surface area contributed by atoms with Crippen LogP contribution in [0, 0.1) is 5.82 Å². The summed E-state index contributed by atoms with van der Waals surface area (Å²) in [6.45, 7) is 5.00. The highest BCUT2D eigenvalue weighted by molar-refractivity contribution is 6.31. The fourth-order valence-electron chi connectivity index (χ4n) is 4.25. The second-order valence-corrected chi connectivity index (χ2v) is 9.98. The fraction of sp³-hybridized carbons (Fsp3) is 0.258. The van der Waals surface area contributed by atoms with Crippen LogP contribution in [-0.2, 0) is 9.53 Å². The number of nitrogens with zero attached hydrogens (tertiary/aromatic N) is 3. The van der Waals surface area contributed by atoms with Gasteiger partial charge in [-0.05, 0) is 54.5 Å². The van der Waals surface area contributed by atoms with Crippen molar-refractivity contribution in [3.05, 3.63) is 77.3 Å². The molecule has 3 aromatic carbocycles. The summed E-state index contributed by atoms with van der Waals surface area (Å²) in [4.78, 5) is 21.2. The number of carbonyl (C=O) groups is 1. The number of nitrogens with one attached hydrogen (secondary N) is 1. The van der Waals surface area contributed by atoms with Gasteiger partial charge in [-0.3, -0.25) is 4.90 Å². The lowest BCUT2D eigenvalue weighted by Gasteiger charge is -2.26. The van der Waals surface area contributed by atoms with Crippen LogP contribution in [0.15, 0.2) is 60.9 Å². The fourth-order valence-corrected chi connectivity index (χ4v) is 4.43. The molecular weight excluding hydrogens is 595 g/mol. The number of aliphatic carboxylic acids is 1. The molecule has 0 bridgehead atoms. The van der Waals surface area contributed by atoms with Gasteiger partial charge in [0.1, 0.15) is 18.0 Å². The van der Waals surface area contributed by atoms with Crippen molar-refractivity contribution in [2.24, 2.45) is 0 Å². The van der Waals surface area contributed by atoms with Crippen LogP contribution in [0.4, 0.5) is 15.9 Å². The molecule has 1 fully saturated rings. The van der Waals surface area contributed by atoms with Gasteiger partial charge in [0.05, 0.1) is 37.5 Å². The van der Waals surface area contributed by atoms with Gasteiger partial charge in [-0.2, -0.15) is 0 Å². The van der Waals surface area contributed by atoms with Gasteiger partial charge in [-0.15, -0.1) is 0 Å². The summed E-state index contributed by atoms with van der Waals surface area (Å²) < 4.78 is 30.4. The smallest absolute Gasteiger partial charge is 0.328 e. The third-order valence-electron chi connectivity index (χ3n) is 6.50. The molecule has 4 aromatic rings. The number of hydrogen-bond acceptors (Lipinski definition) is 10. The van der Waals surface area contributed by atoms with Crippen LogP contribution in [0.2, 0.25) is 5.02 Å². The molecule has 232 valence electrons. The number of anilines is 2. The van der Waals surface area contributed by atoms with E-state index in [0.29, 0.717) is 40.7 Å². The minimum atomic E-state index is -1.06. The lowest BCUT2D eigenvalue weighted by atomic mass is 10.2. The predicted molar refractivity (Wildman–Crippen MR) is 165 cm³/mol. The van der Waals surface area contributed by atoms with Gasteiger partial charge in [-0.1, -0.05) is 17.7 Å². The summed E-state index contributed by atoms with van der Waals surface area (Å²) >= 11 is 5.90. The second kappa shape index (κ2) is 15.7. The van der Waals surface area contributed by atoms with E-state index in [1.54, 1.807) is 13.2 Å². The van der Waals surface area contributed by atoms with E-state index in [4.69, 9.17) is 41.1 Å². The Labute approximate surface area is 258 Å². The number of morpholine rings is 1. The van der Waals surface area contributed by atoms with E-state index in [0.717, 1.165) is 50.7 Å². The maximum atomic E-state index is 13.5. The van der Waals surface area contributed by atoms with E-state index in [9.17, 15) is 9.18 Å². The van der Waals surface area contributed by atoms with Crippen LogP contribution in [0.1, 0.15) is 12.0 Å². The quantitative estimate of drug-likeness (QED) is 0.101. The number of phenols is 2. The molecule has 0 spiro atoms. The Morgan fingerprint density at radius 3 is 2.59 bits per heavy atom. The highest BCUT2D eigenvalue weighted by Crippen LogP contribution is 2.35. The number of halogens is 2. The number of fused-ring (bicyclic) bond motifs is 1. The van der Waals surface area contributed by atoms with Gasteiger partial charge in [0, 0.05) is 42.9 Å². The average molecular weight is 627 g/mol. The molecule has 0 saturated carbocycles. The van der Waals surface area contributed by atoms with Crippen molar-refractivity contribution in [1.82, 2.24) is 14.9 Å². The van der Waals surface area contributed by atoms with Gasteiger partial charge in [0.15, 0.2) is 23.0 Å². The average Bonchev–Trinajstić information content (AvgIpc) is 3.02. The summed E-state index contributed by atoms with van der Waals surface area (Å²) in [5.41, 5.74) is 1.83. The first-order chi connectivity index (χ1) is 21.2. The third kappa shape index (κ3) is 9.17. The van der Waals surface area contributed by atoms with Crippen molar-refractivity contribution < 1.29 is 38.7 Å². The van der Waals surface area contributed by atoms with Crippen LogP contribution < -0.4 is 14.8 Å². The maximum Gasteiger partial charge on any atom is 0.328 e. The molecule has 0 aliphatic carbocycles. The Hall–Kier alpha value is -4.65. The number of carboxylic acids is 1. The molecule has 1 saturated heterocycles. The van der Waals surface area contributed by atoms with Crippen LogP contribution >= 0.6 is 11.6 Å². The maximum absolute atomic E-state index is 13.5. The molecule has 4 N–H and O–H groups in total. The van der Waals surface area contributed by atoms with E-state index in [2.05, 4.69) is 20.2 Å². The van der Waals surface area contributed by atoms with Gasteiger partial charge in [-0.25, -0.2) is 19.2 Å². The van der Waals surface area contributed by atoms with Gasteiger partial charge in [0.2, 0.25) is 0 Å². The number of hydrogen-bond donors (Lipinski definition) is 4. The van der Waals surface area contributed by atoms with E-state index >= 15 is 0 Å². The summed E-state index contributed by atoms with van der Waals surface area (Å²) in [6, 6.07) is 12.1. The monoisotopic (exact) mass is 626 g/mol. The second-order valence-electron chi connectivity index (χ2n) is 9.57. The van der Waals surface area contributed by atoms with Gasteiger partial charge < -0.3 is 34.8 Å². The Balaban J connectivity index is 0.000000285. The Kier molecular flexibility index (Phi) is 11.5. The molecule has 2 heterocycles. The Morgan fingerprint density at radius 1 is 1.09 bits per heavy atom. The minimum Gasteiger partial charge on any atom is -0.504 e. The summed E-state index contributed by atoms with van der Waals surface area (Å²) in [7, 11) is 1.60. The van der Waals surface area contributed by atoms with E-state index in [1.165, 1.54) is 42.7 Å². The van der Waals surface area contributed by atoms with Gasteiger partial charge in [0.25, 0.3) is 0 Å². The first-order valence-electron chi connectivity index (χ1n) is 13.6. The van der Waals surface area contributed by atoms with E-state index in [-0.39, 0.29) is 16.5 Å². The largest absolute Gasteiger partial charge is 0.504 e. The Morgan fingerprint density at radius 2 is 1.89 bits per heavy atom. The van der Waals surface area contributed by atoms with Crippen LogP contribution in [-0.4, -0.2) is 82.7 Å². The highest BCUT2D eigenvalue weighted by Gasteiger charge is 2.14. The molecule has 0 radical (unpaired) electrons. The zero-order valence-corrected chi connectivity index (χ0v) is 24.6. The topological polar surface area (TPSA) is 146 Å². The first-order valence-corrected chi connectivity index (χ1v) is 14.0.